The Hall–Kier alpha value is -1.65. The van der Waals surface area contributed by atoms with Gasteiger partial charge in [-0.15, -0.1) is 0 Å². The van der Waals surface area contributed by atoms with E-state index >= 15 is 0 Å². The molecule has 0 aliphatic heterocycles. The molecule has 2 heterocycles. The van der Waals surface area contributed by atoms with Crippen LogP contribution < -0.4 is 0 Å². The van der Waals surface area contributed by atoms with Crippen molar-refractivity contribution in [3.05, 3.63) is 56.9 Å². The van der Waals surface area contributed by atoms with E-state index in [0.717, 1.165) is 22.2 Å². The Morgan fingerprint density at radius 3 is 3.05 bits per heavy atom. The first-order chi connectivity index (χ1) is 9.69. The van der Waals surface area contributed by atoms with Crippen molar-refractivity contribution in [3.8, 4) is 0 Å². The van der Waals surface area contributed by atoms with Crippen LogP contribution >= 0.6 is 27.5 Å². The molecule has 20 heavy (non-hydrogen) atoms. The molecule has 1 aliphatic rings. The normalized spacial score (nSPS) is 13.6. The topological polar surface area (TPSA) is 41.6 Å². The van der Waals surface area contributed by atoms with Crippen molar-refractivity contribution in [3.63, 3.8) is 0 Å². The molecule has 1 aliphatic carbocycles. The molecule has 0 spiro atoms. The van der Waals surface area contributed by atoms with Gasteiger partial charge < -0.3 is 4.98 Å². The fourth-order valence-electron chi connectivity index (χ4n) is 2.49. The molecule has 1 aromatic carbocycles. The largest absolute Gasteiger partial charge is 0.337 e. The molecule has 0 amide bonds. The predicted molar refractivity (Wildman–Crippen MR) is 84.6 cm³/mol. The number of nitrogens with zero attached hydrogens (tertiary/aromatic N) is 2. The number of benzene rings is 1. The average molecular weight is 347 g/mol. The lowest BCUT2D eigenvalue weighted by Crippen LogP contribution is -1.88. The Morgan fingerprint density at radius 1 is 1.25 bits per heavy atom. The van der Waals surface area contributed by atoms with Crippen molar-refractivity contribution in [2.24, 2.45) is 0 Å². The van der Waals surface area contributed by atoms with Crippen molar-refractivity contribution < 1.29 is 0 Å². The molecule has 0 fully saturated rings. The predicted octanol–water partition coefficient (Wildman–Crippen LogP) is 4.47. The molecule has 3 nitrogen and oxygen atoms in total. The van der Waals surface area contributed by atoms with Crippen LogP contribution in [0.2, 0.25) is 5.02 Å². The summed E-state index contributed by atoms with van der Waals surface area (Å²) in [4.78, 5) is 12.1. The number of H-pyrrole nitrogens is 1. The van der Waals surface area contributed by atoms with Crippen LogP contribution in [-0.4, -0.2) is 15.0 Å². The van der Waals surface area contributed by atoms with Gasteiger partial charge in [-0.1, -0.05) is 33.6 Å². The number of hydrogen-bond acceptors (Lipinski definition) is 2. The van der Waals surface area contributed by atoms with E-state index in [9.17, 15) is 0 Å². The Kier molecular flexibility index (Phi) is 2.69. The van der Waals surface area contributed by atoms with E-state index in [1.807, 2.05) is 6.07 Å². The molecule has 3 aromatic rings. The second kappa shape index (κ2) is 4.43. The second-order valence-corrected chi connectivity index (χ2v) is 6.15. The summed E-state index contributed by atoms with van der Waals surface area (Å²) in [6, 6.07) is 8.17. The van der Waals surface area contributed by atoms with Gasteiger partial charge in [-0.3, -0.25) is 0 Å². The van der Waals surface area contributed by atoms with Gasteiger partial charge in [0.25, 0.3) is 0 Å². The van der Waals surface area contributed by atoms with Gasteiger partial charge in [0, 0.05) is 17.1 Å². The third kappa shape index (κ3) is 1.96. The Morgan fingerprint density at radius 2 is 2.15 bits per heavy atom. The minimum absolute atomic E-state index is 0.611. The van der Waals surface area contributed by atoms with Gasteiger partial charge in [0.2, 0.25) is 0 Å². The third-order valence-corrected chi connectivity index (χ3v) is 4.12. The fourth-order valence-corrected chi connectivity index (χ4v) is 3.06. The number of imidazole rings is 1. The van der Waals surface area contributed by atoms with E-state index in [4.69, 9.17) is 11.6 Å². The minimum Gasteiger partial charge on any atom is -0.337 e. The number of halogens is 2. The summed E-state index contributed by atoms with van der Waals surface area (Å²) in [5.74, 6) is 0.863. The maximum Gasteiger partial charge on any atom is 0.178 e. The molecular formula is C15H9BrClN3. The quantitative estimate of drug-likeness (QED) is 0.706. The monoisotopic (exact) mass is 345 g/mol. The van der Waals surface area contributed by atoms with E-state index in [0.29, 0.717) is 10.7 Å². The Bertz CT molecular complexity index is 867. The molecule has 0 unspecified atom stereocenters. The van der Waals surface area contributed by atoms with Crippen molar-refractivity contribution in [2.45, 2.75) is 6.42 Å². The van der Waals surface area contributed by atoms with Crippen molar-refractivity contribution in [1.82, 2.24) is 15.0 Å². The Balaban J connectivity index is 1.78. The van der Waals surface area contributed by atoms with Crippen LogP contribution in [0.15, 0.2) is 34.9 Å². The second-order valence-electron chi connectivity index (χ2n) is 4.80. The molecule has 5 heteroatoms. The highest BCUT2D eigenvalue weighted by atomic mass is 79.9. The van der Waals surface area contributed by atoms with Gasteiger partial charge in [-0.2, -0.15) is 0 Å². The van der Waals surface area contributed by atoms with Crippen LogP contribution in [0.4, 0.5) is 0 Å². The van der Waals surface area contributed by atoms with Gasteiger partial charge in [0.1, 0.15) is 5.82 Å². The number of rotatable bonds is 1. The number of aromatic nitrogens is 3. The van der Waals surface area contributed by atoms with Gasteiger partial charge in [-0.05, 0) is 41.0 Å². The number of hydrogen-bond donors (Lipinski definition) is 1. The SMILES string of the molecule is Clc1cnc2nc(C3=Cc4ccc(Br)cc4C3)[nH]c2c1. The highest BCUT2D eigenvalue weighted by Gasteiger charge is 2.17. The first kappa shape index (κ1) is 12.1. The van der Waals surface area contributed by atoms with Crippen LogP contribution in [0.3, 0.4) is 0 Å². The van der Waals surface area contributed by atoms with Crippen LogP contribution in [0.5, 0.6) is 0 Å². The zero-order valence-corrected chi connectivity index (χ0v) is 12.7. The molecular weight excluding hydrogens is 338 g/mol. The molecule has 0 saturated heterocycles. The third-order valence-electron chi connectivity index (χ3n) is 3.42. The van der Waals surface area contributed by atoms with Gasteiger partial charge in [-0.25, -0.2) is 9.97 Å². The summed E-state index contributed by atoms with van der Waals surface area (Å²) in [5.41, 5.74) is 5.29. The zero-order valence-electron chi connectivity index (χ0n) is 10.3. The minimum atomic E-state index is 0.611. The fraction of sp³-hybridized carbons (Fsp3) is 0.0667. The number of aromatic amines is 1. The smallest absolute Gasteiger partial charge is 0.178 e. The van der Waals surface area contributed by atoms with Crippen LogP contribution in [0, 0.1) is 0 Å². The zero-order chi connectivity index (χ0) is 13.7. The maximum atomic E-state index is 5.95. The number of pyridine rings is 1. The summed E-state index contributed by atoms with van der Waals surface area (Å²) in [6.45, 7) is 0. The van der Waals surface area contributed by atoms with Gasteiger partial charge >= 0.3 is 0 Å². The summed E-state index contributed by atoms with van der Waals surface area (Å²) in [7, 11) is 0. The molecule has 0 bridgehead atoms. The molecule has 0 saturated carbocycles. The molecule has 1 N–H and O–H groups in total. The molecule has 4 rings (SSSR count). The molecule has 0 atom stereocenters. The van der Waals surface area contributed by atoms with Crippen molar-refractivity contribution in [2.75, 3.05) is 0 Å². The average Bonchev–Trinajstić information content (AvgIpc) is 3.00. The lowest BCUT2D eigenvalue weighted by Gasteiger charge is -1.98. The van der Waals surface area contributed by atoms with Crippen LogP contribution in [0.1, 0.15) is 17.0 Å². The van der Waals surface area contributed by atoms with Gasteiger partial charge in [0.15, 0.2) is 5.65 Å². The van der Waals surface area contributed by atoms with E-state index in [2.05, 4.69) is 55.2 Å². The van der Waals surface area contributed by atoms with Crippen molar-refractivity contribution >= 4 is 50.3 Å². The first-order valence-electron chi connectivity index (χ1n) is 6.20. The maximum absolute atomic E-state index is 5.95. The van der Waals surface area contributed by atoms with Crippen molar-refractivity contribution in [1.29, 1.82) is 0 Å². The standard InChI is InChI=1S/C15H9BrClN3/c16-11-2-1-8-3-10(4-9(8)5-11)14-19-13-6-12(17)7-18-15(13)20-14/h1-3,5-7H,4H2,(H,18,19,20). The molecule has 0 radical (unpaired) electrons. The van der Waals surface area contributed by atoms with E-state index < -0.39 is 0 Å². The first-order valence-corrected chi connectivity index (χ1v) is 7.37. The summed E-state index contributed by atoms with van der Waals surface area (Å²) >= 11 is 9.45. The highest BCUT2D eigenvalue weighted by molar-refractivity contribution is 9.10. The summed E-state index contributed by atoms with van der Waals surface area (Å²) < 4.78 is 1.10. The molecule has 98 valence electrons. The lowest BCUT2D eigenvalue weighted by atomic mass is 10.1. The number of nitrogens with one attached hydrogen (secondary N) is 1. The number of fused-ring (bicyclic) bond motifs is 2. The molecule has 2 aromatic heterocycles. The van der Waals surface area contributed by atoms with E-state index in [1.54, 1.807) is 6.20 Å². The van der Waals surface area contributed by atoms with Gasteiger partial charge in [0.05, 0.1) is 10.5 Å². The highest BCUT2D eigenvalue weighted by Crippen LogP contribution is 2.32. The lowest BCUT2D eigenvalue weighted by molar-refractivity contribution is 1.19. The summed E-state index contributed by atoms with van der Waals surface area (Å²) in [6.07, 6.45) is 4.66. The Labute approximate surface area is 128 Å². The van der Waals surface area contributed by atoms with E-state index in [1.165, 1.54) is 16.7 Å². The summed E-state index contributed by atoms with van der Waals surface area (Å²) in [5, 5.41) is 0.611. The van der Waals surface area contributed by atoms with Crippen LogP contribution in [-0.2, 0) is 6.42 Å². The van der Waals surface area contributed by atoms with E-state index in [-0.39, 0.29) is 0 Å². The number of allylic oxidation sites excluding steroid dienone is 1. The van der Waals surface area contributed by atoms with Crippen LogP contribution in [0.25, 0.3) is 22.8 Å².